The average molecular weight is 639 g/mol. The molecule has 0 saturated carbocycles. The number of fused-ring (bicyclic) bond motifs is 2. The van der Waals surface area contributed by atoms with Crippen LogP contribution in [0.3, 0.4) is 0 Å². The number of anilines is 1. The molecule has 4 aromatic rings. The normalized spacial score (nSPS) is 18.4. The van der Waals surface area contributed by atoms with Crippen LogP contribution in [0, 0.1) is 5.82 Å². The third-order valence-electron chi connectivity index (χ3n) is 9.90. The molecule has 1 aromatic heterocycles. The molecule has 0 aliphatic carbocycles. The zero-order chi connectivity index (χ0) is 32.3. The van der Waals surface area contributed by atoms with Gasteiger partial charge in [-0.3, -0.25) is 9.89 Å². The van der Waals surface area contributed by atoms with Crippen molar-refractivity contribution in [3.05, 3.63) is 95.4 Å². The molecular weight excluding hydrogens is 599 g/mol. The first-order valence-corrected chi connectivity index (χ1v) is 16.5. The van der Waals surface area contributed by atoms with E-state index in [0.29, 0.717) is 45.6 Å². The minimum absolute atomic E-state index is 0.00915. The van der Waals surface area contributed by atoms with Crippen LogP contribution in [0.2, 0.25) is 0 Å². The number of benzene rings is 3. The lowest BCUT2D eigenvalue weighted by Gasteiger charge is -2.38. The van der Waals surface area contributed by atoms with Crippen molar-refractivity contribution in [1.82, 2.24) is 24.9 Å². The van der Waals surface area contributed by atoms with Gasteiger partial charge in [0.2, 0.25) is 0 Å². The van der Waals surface area contributed by atoms with Gasteiger partial charge in [-0.05, 0) is 85.0 Å². The van der Waals surface area contributed by atoms with E-state index in [9.17, 15) is 18.8 Å². The number of urea groups is 1. The van der Waals surface area contributed by atoms with Gasteiger partial charge in [0, 0.05) is 56.3 Å². The number of piperidine rings is 2. The molecule has 3 aliphatic rings. The minimum atomic E-state index is -0.984. The third-order valence-corrected chi connectivity index (χ3v) is 9.90. The lowest BCUT2D eigenvalue weighted by molar-refractivity contribution is -0.142. The van der Waals surface area contributed by atoms with Crippen LogP contribution in [-0.2, 0) is 22.4 Å². The molecule has 47 heavy (non-hydrogen) atoms. The number of rotatable bonds is 6. The second-order valence-corrected chi connectivity index (χ2v) is 12.8. The first-order chi connectivity index (χ1) is 22.9. The molecule has 3 aliphatic heterocycles. The maximum absolute atomic E-state index is 14.0. The molecule has 244 valence electrons. The highest BCUT2D eigenvalue weighted by Crippen LogP contribution is 2.30. The SMILES string of the molecule is O=C(OC(Cc1ccc2[nH]ncc2c1)C(=O)N1CCC(c2ccc(F)cc2)CC1)N1CCC(N2CCc3ccccc3NC2=O)CC1. The van der Waals surface area contributed by atoms with Gasteiger partial charge < -0.3 is 24.8 Å². The molecule has 1 unspecified atom stereocenters. The summed E-state index contributed by atoms with van der Waals surface area (Å²) in [6.07, 6.45) is 4.01. The lowest BCUT2D eigenvalue weighted by atomic mass is 9.89. The minimum Gasteiger partial charge on any atom is -0.436 e. The molecule has 0 bridgehead atoms. The predicted molar refractivity (Wildman–Crippen MR) is 175 cm³/mol. The molecule has 0 radical (unpaired) electrons. The van der Waals surface area contributed by atoms with E-state index >= 15 is 0 Å². The van der Waals surface area contributed by atoms with E-state index in [2.05, 4.69) is 15.5 Å². The number of hydrogen-bond acceptors (Lipinski definition) is 5. The van der Waals surface area contributed by atoms with E-state index in [-0.39, 0.29) is 36.1 Å². The number of para-hydroxylation sites is 1. The number of aromatic nitrogens is 2. The Morgan fingerprint density at radius 2 is 1.66 bits per heavy atom. The van der Waals surface area contributed by atoms with Crippen molar-refractivity contribution in [2.75, 3.05) is 38.0 Å². The Kier molecular flexibility index (Phi) is 8.78. The van der Waals surface area contributed by atoms with Gasteiger partial charge in [-0.25, -0.2) is 14.0 Å². The first kappa shape index (κ1) is 30.7. The van der Waals surface area contributed by atoms with Gasteiger partial charge in [-0.2, -0.15) is 5.10 Å². The van der Waals surface area contributed by atoms with Gasteiger partial charge in [0.15, 0.2) is 6.10 Å². The number of carbonyl (C=O) groups is 3. The number of ether oxygens (including phenoxy) is 1. The summed E-state index contributed by atoms with van der Waals surface area (Å²) in [5, 5.41) is 11.0. The molecule has 7 rings (SSSR count). The van der Waals surface area contributed by atoms with Crippen molar-refractivity contribution in [2.24, 2.45) is 0 Å². The molecule has 2 saturated heterocycles. The maximum Gasteiger partial charge on any atom is 0.410 e. The van der Waals surface area contributed by atoms with Gasteiger partial charge in [-0.1, -0.05) is 36.4 Å². The topological polar surface area (TPSA) is 111 Å². The summed E-state index contributed by atoms with van der Waals surface area (Å²) in [7, 11) is 0. The summed E-state index contributed by atoms with van der Waals surface area (Å²) in [5.74, 6) is -0.230. The maximum atomic E-state index is 14.0. The van der Waals surface area contributed by atoms with E-state index in [1.165, 1.54) is 12.1 Å². The fourth-order valence-corrected chi connectivity index (χ4v) is 7.18. The summed E-state index contributed by atoms with van der Waals surface area (Å²) in [4.78, 5) is 45.9. The average Bonchev–Trinajstić information content (AvgIpc) is 3.50. The number of hydrogen-bond donors (Lipinski definition) is 2. The molecule has 3 aromatic carbocycles. The quantitative estimate of drug-likeness (QED) is 0.281. The Morgan fingerprint density at radius 3 is 2.45 bits per heavy atom. The number of aromatic amines is 1. The lowest BCUT2D eigenvalue weighted by Crippen LogP contribution is -2.51. The van der Waals surface area contributed by atoms with E-state index in [1.54, 1.807) is 16.0 Å². The Balaban J connectivity index is 0.997. The molecular formula is C36H39FN6O4. The first-order valence-electron chi connectivity index (χ1n) is 16.5. The fraction of sp³-hybridized carbons (Fsp3) is 0.389. The zero-order valence-electron chi connectivity index (χ0n) is 26.2. The van der Waals surface area contributed by atoms with Crippen LogP contribution in [0.25, 0.3) is 10.9 Å². The Morgan fingerprint density at radius 1 is 0.915 bits per heavy atom. The number of H-pyrrole nitrogens is 1. The Hall–Kier alpha value is -4.93. The largest absolute Gasteiger partial charge is 0.436 e. The second-order valence-electron chi connectivity index (χ2n) is 12.8. The fourth-order valence-electron chi connectivity index (χ4n) is 7.18. The van der Waals surface area contributed by atoms with Crippen LogP contribution in [0.5, 0.6) is 0 Å². The molecule has 4 heterocycles. The van der Waals surface area contributed by atoms with Gasteiger partial charge in [0.25, 0.3) is 5.91 Å². The number of halogens is 1. The summed E-state index contributed by atoms with van der Waals surface area (Å²) in [6.45, 7) is 2.55. The summed E-state index contributed by atoms with van der Waals surface area (Å²) >= 11 is 0. The third kappa shape index (κ3) is 6.79. The van der Waals surface area contributed by atoms with Crippen LogP contribution < -0.4 is 5.32 Å². The van der Waals surface area contributed by atoms with Crippen LogP contribution in [0.1, 0.15) is 48.3 Å². The molecule has 2 fully saturated rings. The molecule has 4 amide bonds. The van der Waals surface area contributed by atoms with Crippen LogP contribution >= 0.6 is 0 Å². The number of likely N-dealkylation sites (tertiary alicyclic amines) is 2. The van der Waals surface area contributed by atoms with E-state index in [0.717, 1.165) is 52.5 Å². The van der Waals surface area contributed by atoms with Gasteiger partial charge in [0.1, 0.15) is 5.82 Å². The van der Waals surface area contributed by atoms with Crippen LogP contribution in [0.4, 0.5) is 19.7 Å². The number of amides is 4. The van der Waals surface area contributed by atoms with Crippen molar-refractivity contribution < 1.29 is 23.5 Å². The molecule has 2 N–H and O–H groups in total. The van der Waals surface area contributed by atoms with Crippen LogP contribution in [0.15, 0.2) is 72.9 Å². The molecule has 0 spiro atoms. The van der Waals surface area contributed by atoms with Crippen LogP contribution in [-0.4, -0.2) is 87.8 Å². The predicted octanol–water partition coefficient (Wildman–Crippen LogP) is 5.71. The summed E-state index contributed by atoms with van der Waals surface area (Å²) < 4.78 is 19.5. The van der Waals surface area contributed by atoms with Crippen molar-refractivity contribution in [2.45, 2.75) is 56.6 Å². The van der Waals surface area contributed by atoms with E-state index < -0.39 is 12.2 Å². The number of carbonyl (C=O) groups excluding carboxylic acids is 3. The summed E-state index contributed by atoms with van der Waals surface area (Å²) in [6, 6.07) is 20.1. The van der Waals surface area contributed by atoms with Crippen molar-refractivity contribution in [3.63, 3.8) is 0 Å². The van der Waals surface area contributed by atoms with E-state index in [4.69, 9.17) is 4.74 Å². The van der Waals surface area contributed by atoms with Crippen molar-refractivity contribution in [3.8, 4) is 0 Å². The standard InChI is InChI=1S/C36H39FN6O4/c37-29-8-6-25(7-9-29)26-11-16-41(17-12-26)34(44)33(22-24-5-10-32-28(21-24)23-38-40-32)47-36(46)42-18-14-30(15-19-42)43-20-13-27-3-1-2-4-31(27)39-35(43)45/h1-10,21,23,26,30,33H,11-20,22H2,(H,38,40)(H,39,45). The van der Waals surface area contributed by atoms with Gasteiger partial charge >= 0.3 is 12.1 Å². The van der Waals surface area contributed by atoms with Gasteiger partial charge in [-0.15, -0.1) is 0 Å². The number of nitrogens with one attached hydrogen (secondary N) is 2. The highest BCUT2D eigenvalue weighted by Gasteiger charge is 2.35. The monoisotopic (exact) mass is 638 g/mol. The van der Waals surface area contributed by atoms with Crippen molar-refractivity contribution >= 4 is 34.6 Å². The number of nitrogens with zero attached hydrogens (tertiary/aromatic N) is 4. The smallest absolute Gasteiger partial charge is 0.410 e. The van der Waals surface area contributed by atoms with Gasteiger partial charge in [0.05, 0.1) is 11.7 Å². The molecule has 1 atom stereocenters. The highest BCUT2D eigenvalue weighted by molar-refractivity contribution is 5.91. The second kappa shape index (κ2) is 13.4. The van der Waals surface area contributed by atoms with Crippen molar-refractivity contribution in [1.29, 1.82) is 0 Å². The Labute approximate surface area is 272 Å². The molecule has 11 heteroatoms. The highest BCUT2D eigenvalue weighted by atomic mass is 19.1. The van der Waals surface area contributed by atoms with E-state index in [1.807, 2.05) is 59.5 Å². The summed E-state index contributed by atoms with van der Waals surface area (Å²) in [5.41, 5.74) is 4.80. The molecule has 10 nitrogen and oxygen atoms in total. The Bertz CT molecular complexity index is 1740. The zero-order valence-corrected chi connectivity index (χ0v) is 26.2.